The molecular formula is C12H16ClN3O2. The van der Waals surface area contributed by atoms with Crippen LogP contribution in [-0.4, -0.2) is 29.0 Å². The van der Waals surface area contributed by atoms with Crippen LogP contribution in [0.1, 0.15) is 12.5 Å². The molecule has 0 saturated carbocycles. The molecule has 1 aromatic rings. The monoisotopic (exact) mass is 269 g/mol. The van der Waals surface area contributed by atoms with E-state index in [1.54, 1.807) is 6.07 Å². The van der Waals surface area contributed by atoms with Gasteiger partial charge in [-0.2, -0.15) is 0 Å². The van der Waals surface area contributed by atoms with E-state index >= 15 is 0 Å². The first-order valence-electron chi connectivity index (χ1n) is 5.88. The Bertz CT molecular complexity index is 457. The van der Waals surface area contributed by atoms with Crippen LogP contribution in [0.25, 0.3) is 0 Å². The molecule has 1 aliphatic heterocycles. The number of hydrogen-bond donors (Lipinski definition) is 1. The molecular weight excluding hydrogens is 254 g/mol. The molecule has 1 heterocycles. The minimum absolute atomic E-state index is 0.0749. The number of nitro groups is 1. The van der Waals surface area contributed by atoms with Gasteiger partial charge in [-0.15, -0.1) is 0 Å². The van der Waals surface area contributed by atoms with Crippen molar-refractivity contribution in [3.05, 3.63) is 38.9 Å². The van der Waals surface area contributed by atoms with E-state index in [9.17, 15) is 10.1 Å². The second-order valence-electron chi connectivity index (χ2n) is 4.87. The van der Waals surface area contributed by atoms with Crippen molar-refractivity contribution < 1.29 is 4.92 Å². The summed E-state index contributed by atoms with van der Waals surface area (Å²) >= 11 is 6.07. The third-order valence-electron chi connectivity index (χ3n) is 3.38. The predicted octanol–water partition coefficient (Wildman–Crippen LogP) is 2.03. The first kappa shape index (κ1) is 13.3. The highest BCUT2D eigenvalue weighted by molar-refractivity contribution is 6.31. The molecule has 0 amide bonds. The standard InChI is InChI=1S/C12H16ClN3O2/c1-8-5-15(7-12(8)14)6-9-4-10(16(17)18)2-3-11(9)13/h2-4,8,12H,5-7,14H2,1H3. The second-order valence-corrected chi connectivity index (χ2v) is 5.28. The minimum Gasteiger partial charge on any atom is -0.326 e. The van der Waals surface area contributed by atoms with Crippen LogP contribution in [0, 0.1) is 16.0 Å². The number of rotatable bonds is 3. The van der Waals surface area contributed by atoms with Gasteiger partial charge in [-0.3, -0.25) is 15.0 Å². The van der Waals surface area contributed by atoms with Gasteiger partial charge < -0.3 is 5.73 Å². The van der Waals surface area contributed by atoms with E-state index in [0.717, 1.165) is 18.7 Å². The fraction of sp³-hybridized carbons (Fsp3) is 0.500. The molecule has 0 aromatic heterocycles. The summed E-state index contributed by atoms with van der Waals surface area (Å²) in [5, 5.41) is 11.3. The third kappa shape index (κ3) is 2.80. The Morgan fingerprint density at radius 1 is 1.56 bits per heavy atom. The van der Waals surface area contributed by atoms with Gasteiger partial charge in [-0.1, -0.05) is 18.5 Å². The van der Waals surface area contributed by atoms with E-state index in [1.165, 1.54) is 12.1 Å². The molecule has 2 atom stereocenters. The summed E-state index contributed by atoms with van der Waals surface area (Å²) in [4.78, 5) is 12.5. The second kappa shape index (κ2) is 5.22. The number of nitrogens with two attached hydrogens (primary N) is 1. The summed E-state index contributed by atoms with van der Waals surface area (Å²) in [5.74, 6) is 0.447. The Morgan fingerprint density at radius 2 is 2.28 bits per heavy atom. The van der Waals surface area contributed by atoms with Gasteiger partial charge in [0.2, 0.25) is 0 Å². The maximum atomic E-state index is 10.7. The summed E-state index contributed by atoms with van der Waals surface area (Å²) < 4.78 is 0. The minimum atomic E-state index is -0.405. The summed E-state index contributed by atoms with van der Waals surface area (Å²) in [6.45, 7) is 4.43. The largest absolute Gasteiger partial charge is 0.326 e. The molecule has 1 aliphatic rings. The number of hydrogen-bond acceptors (Lipinski definition) is 4. The Hall–Kier alpha value is -1.17. The Morgan fingerprint density at radius 3 is 2.83 bits per heavy atom. The highest BCUT2D eigenvalue weighted by atomic mass is 35.5. The zero-order chi connectivity index (χ0) is 13.3. The van der Waals surface area contributed by atoms with Crippen LogP contribution in [0.4, 0.5) is 5.69 Å². The zero-order valence-electron chi connectivity index (χ0n) is 10.2. The lowest BCUT2D eigenvalue weighted by atomic mass is 10.1. The molecule has 18 heavy (non-hydrogen) atoms. The first-order valence-corrected chi connectivity index (χ1v) is 6.26. The first-order chi connectivity index (χ1) is 8.47. The fourth-order valence-corrected chi connectivity index (χ4v) is 2.44. The third-order valence-corrected chi connectivity index (χ3v) is 3.75. The molecule has 1 fully saturated rings. The molecule has 0 aliphatic carbocycles. The lowest BCUT2D eigenvalue weighted by molar-refractivity contribution is -0.384. The average Bonchev–Trinajstić information content (AvgIpc) is 2.61. The van der Waals surface area contributed by atoms with Gasteiger partial charge in [-0.25, -0.2) is 0 Å². The van der Waals surface area contributed by atoms with Crippen LogP contribution < -0.4 is 5.73 Å². The molecule has 2 unspecified atom stereocenters. The summed E-state index contributed by atoms with van der Waals surface area (Å²) in [6, 6.07) is 4.71. The van der Waals surface area contributed by atoms with Crippen LogP contribution in [0.3, 0.4) is 0 Å². The predicted molar refractivity (Wildman–Crippen MR) is 70.5 cm³/mol. The number of nitrogens with zero attached hydrogens (tertiary/aromatic N) is 2. The fourth-order valence-electron chi connectivity index (χ4n) is 2.26. The molecule has 0 radical (unpaired) electrons. The maximum absolute atomic E-state index is 10.7. The van der Waals surface area contributed by atoms with E-state index in [1.807, 2.05) is 0 Å². The quantitative estimate of drug-likeness (QED) is 0.673. The van der Waals surface area contributed by atoms with Gasteiger partial charge in [0.25, 0.3) is 5.69 Å². The van der Waals surface area contributed by atoms with Gasteiger partial charge in [-0.05, 0) is 17.5 Å². The maximum Gasteiger partial charge on any atom is 0.269 e. The van der Waals surface area contributed by atoms with E-state index in [4.69, 9.17) is 17.3 Å². The average molecular weight is 270 g/mol. The molecule has 0 bridgehead atoms. The van der Waals surface area contributed by atoms with Gasteiger partial charge in [0.05, 0.1) is 4.92 Å². The van der Waals surface area contributed by atoms with Gasteiger partial charge in [0, 0.05) is 42.8 Å². The Kier molecular flexibility index (Phi) is 3.85. The van der Waals surface area contributed by atoms with Gasteiger partial charge >= 0.3 is 0 Å². The van der Waals surface area contributed by atoms with Gasteiger partial charge in [0.1, 0.15) is 0 Å². The van der Waals surface area contributed by atoms with Crippen LogP contribution in [0.15, 0.2) is 18.2 Å². The Labute approximate surface area is 111 Å². The van der Waals surface area contributed by atoms with Crippen molar-refractivity contribution in [1.82, 2.24) is 4.90 Å². The zero-order valence-corrected chi connectivity index (χ0v) is 10.9. The smallest absolute Gasteiger partial charge is 0.269 e. The number of nitro benzene ring substituents is 1. The lowest BCUT2D eigenvalue weighted by Gasteiger charge is -2.16. The molecule has 0 spiro atoms. The van der Waals surface area contributed by atoms with E-state index < -0.39 is 4.92 Å². The molecule has 2 N–H and O–H groups in total. The van der Waals surface area contributed by atoms with Crippen LogP contribution in [0.5, 0.6) is 0 Å². The number of halogens is 1. The van der Waals surface area contributed by atoms with Gasteiger partial charge in [0.15, 0.2) is 0 Å². The van der Waals surface area contributed by atoms with Crippen molar-refractivity contribution in [2.75, 3.05) is 13.1 Å². The van der Waals surface area contributed by atoms with E-state index in [2.05, 4.69) is 11.8 Å². The highest BCUT2D eigenvalue weighted by Gasteiger charge is 2.27. The van der Waals surface area contributed by atoms with Crippen molar-refractivity contribution in [3.63, 3.8) is 0 Å². The van der Waals surface area contributed by atoms with Crippen molar-refractivity contribution in [3.8, 4) is 0 Å². The SMILES string of the molecule is CC1CN(Cc2cc([N+](=O)[O-])ccc2Cl)CC1N. The number of benzene rings is 1. The highest BCUT2D eigenvalue weighted by Crippen LogP contribution is 2.25. The number of likely N-dealkylation sites (tertiary alicyclic amines) is 1. The van der Waals surface area contributed by atoms with Crippen LogP contribution >= 0.6 is 11.6 Å². The Balaban J connectivity index is 2.14. The summed E-state index contributed by atoms with van der Waals surface area (Å²) in [7, 11) is 0. The summed E-state index contributed by atoms with van der Waals surface area (Å²) in [6.07, 6.45) is 0. The van der Waals surface area contributed by atoms with Crippen molar-refractivity contribution in [2.24, 2.45) is 11.7 Å². The molecule has 1 aromatic carbocycles. The lowest BCUT2D eigenvalue weighted by Crippen LogP contribution is -2.28. The molecule has 2 rings (SSSR count). The summed E-state index contributed by atoms with van der Waals surface area (Å²) in [5.41, 5.74) is 6.81. The van der Waals surface area contributed by atoms with Crippen molar-refractivity contribution in [2.45, 2.75) is 19.5 Å². The molecule has 5 nitrogen and oxygen atoms in total. The van der Waals surface area contributed by atoms with E-state index in [-0.39, 0.29) is 11.7 Å². The molecule has 1 saturated heterocycles. The molecule has 6 heteroatoms. The number of non-ortho nitro benzene ring substituents is 1. The van der Waals surface area contributed by atoms with Crippen LogP contribution in [0.2, 0.25) is 5.02 Å². The van der Waals surface area contributed by atoms with Crippen molar-refractivity contribution in [1.29, 1.82) is 0 Å². The normalized spacial score (nSPS) is 24.4. The van der Waals surface area contributed by atoms with Crippen LogP contribution in [-0.2, 0) is 6.54 Å². The van der Waals surface area contributed by atoms with Crippen molar-refractivity contribution >= 4 is 17.3 Å². The topological polar surface area (TPSA) is 72.4 Å². The van der Waals surface area contributed by atoms with E-state index in [0.29, 0.717) is 17.5 Å². The molecule has 98 valence electrons.